The zero-order valence-electron chi connectivity index (χ0n) is 17.2. The molecule has 1 aromatic heterocycles. The van der Waals surface area contributed by atoms with Gasteiger partial charge in [-0.05, 0) is 61.3 Å². The number of nitrogens with one attached hydrogen (secondary N) is 1. The van der Waals surface area contributed by atoms with E-state index in [9.17, 15) is 9.59 Å². The fourth-order valence-corrected chi connectivity index (χ4v) is 4.61. The molecule has 2 aromatic rings. The second-order valence-electron chi connectivity index (χ2n) is 8.10. The summed E-state index contributed by atoms with van der Waals surface area (Å²) in [7, 11) is 0. The fraction of sp³-hybridized carbons (Fsp3) is 0.435. The second kappa shape index (κ2) is 9.00. The highest BCUT2D eigenvalue weighted by molar-refractivity contribution is 7.80. The van der Waals surface area contributed by atoms with Crippen LogP contribution >= 0.6 is 12.2 Å². The first kappa shape index (κ1) is 20.6. The number of hydrogen-bond acceptors (Lipinski definition) is 4. The molecule has 1 N–H and O–H groups in total. The number of fused-ring (bicyclic) bond motifs is 4. The molecule has 0 spiro atoms. The van der Waals surface area contributed by atoms with Gasteiger partial charge in [-0.25, -0.2) is 4.79 Å². The lowest BCUT2D eigenvalue weighted by atomic mass is 9.83. The van der Waals surface area contributed by atoms with Crippen LogP contribution in [0.25, 0.3) is 0 Å². The summed E-state index contributed by atoms with van der Waals surface area (Å²) in [6.07, 6.45) is 2.96. The fourth-order valence-electron chi connectivity index (χ4n) is 4.35. The van der Waals surface area contributed by atoms with Gasteiger partial charge in [0.25, 0.3) is 5.56 Å². The molecule has 1 fully saturated rings. The number of ether oxygens (including phenoxy) is 1. The van der Waals surface area contributed by atoms with Crippen LogP contribution in [0.4, 0.5) is 5.69 Å². The Labute approximate surface area is 181 Å². The van der Waals surface area contributed by atoms with Gasteiger partial charge in [-0.3, -0.25) is 4.79 Å². The number of nitrogens with zero attached hydrogens (tertiary/aromatic N) is 2. The lowest BCUT2D eigenvalue weighted by molar-refractivity contribution is 0.0500. The Hall–Kier alpha value is -2.67. The largest absolute Gasteiger partial charge is 0.462 e. The van der Waals surface area contributed by atoms with Crippen molar-refractivity contribution in [1.82, 2.24) is 9.47 Å². The predicted octanol–water partition coefficient (Wildman–Crippen LogP) is 3.62. The number of aromatic nitrogens is 1. The molecule has 6 nitrogen and oxygen atoms in total. The van der Waals surface area contributed by atoms with Crippen molar-refractivity contribution in [2.75, 3.05) is 25.0 Å². The highest BCUT2D eigenvalue weighted by Gasteiger charge is 2.35. The molecule has 2 aliphatic rings. The summed E-state index contributed by atoms with van der Waals surface area (Å²) < 4.78 is 7.17. The highest BCUT2D eigenvalue weighted by Crippen LogP contribution is 2.35. The van der Waals surface area contributed by atoms with Crippen molar-refractivity contribution in [3.8, 4) is 0 Å². The monoisotopic (exact) mass is 425 g/mol. The minimum Gasteiger partial charge on any atom is -0.462 e. The molecule has 0 saturated carbocycles. The molecule has 158 valence electrons. The number of esters is 1. The van der Waals surface area contributed by atoms with E-state index in [1.54, 1.807) is 18.2 Å². The number of rotatable bonds is 5. The van der Waals surface area contributed by atoms with Crippen molar-refractivity contribution >= 4 is 29.0 Å². The predicted molar refractivity (Wildman–Crippen MR) is 121 cm³/mol. The second-order valence-corrected chi connectivity index (χ2v) is 8.49. The van der Waals surface area contributed by atoms with Crippen molar-refractivity contribution < 1.29 is 9.53 Å². The number of piperidine rings is 1. The molecule has 2 bridgehead atoms. The van der Waals surface area contributed by atoms with E-state index in [-0.39, 0.29) is 11.5 Å². The van der Waals surface area contributed by atoms with Gasteiger partial charge in [-0.1, -0.05) is 19.4 Å². The summed E-state index contributed by atoms with van der Waals surface area (Å²) in [5, 5.41) is 3.97. The molecule has 1 aromatic carbocycles. The Bertz CT molecular complexity index is 986. The maximum Gasteiger partial charge on any atom is 0.338 e. The van der Waals surface area contributed by atoms with Crippen molar-refractivity contribution in [2.24, 2.45) is 5.92 Å². The van der Waals surface area contributed by atoms with Gasteiger partial charge in [0.15, 0.2) is 5.11 Å². The number of carbonyl (C=O) groups excluding carboxylic acids is 1. The van der Waals surface area contributed by atoms with Crippen LogP contribution in [0.1, 0.15) is 48.2 Å². The minimum absolute atomic E-state index is 0.0877. The van der Waals surface area contributed by atoms with Crippen LogP contribution in [-0.2, 0) is 11.3 Å². The Morgan fingerprint density at radius 2 is 1.97 bits per heavy atom. The van der Waals surface area contributed by atoms with E-state index < -0.39 is 0 Å². The van der Waals surface area contributed by atoms with Gasteiger partial charge in [0.05, 0.1) is 12.2 Å². The lowest BCUT2D eigenvalue weighted by Gasteiger charge is -2.43. The smallest absolute Gasteiger partial charge is 0.338 e. The number of hydrogen-bond donors (Lipinski definition) is 1. The number of anilines is 1. The molecule has 0 unspecified atom stereocenters. The van der Waals surface area contributed by atoms with E-state index in [0.29, 0.717) is 29.1 Å². The Morgan fingerprint density at radius 1 is 1.17 bits per heavy atom. The molecule has 0 amide bonds. The Morgan fingerprint density at radius 3 is 2.73 bits per heavy atom. The minimum atomic E-state index is -0.296. The van der Waals surface area contributed by atoms with Crippen LogP contribution in [0.2, 0.25) is 0 Å². The summed E-state index contributed by atoms with van der Waals surface area (Å²) in [6.45, 7) is 4.90. The number of benzene rings is 1. The van der Waals surface area contributed by atoms with E-state index >= 15 is 0 Å². The molecule has 7 heteroatoms. The van der Waals surface area contributed by atoms with Crippen LogP contribution in [0.5, 0.6) is 0 Å². The standard InChI is InChI=1S/C23H27N3O3S/c1-2-3-11-29-22(28)17-7-9-19(10-8-17)24-23(30)25-13-16-12-18(15-25)20-5-4-6-21(27)26(20)14-16/h4-10,16,18H,2-3,11-15H2,1H3,(H,24,30)/t16-,18-/m1/s1. The molecule has 0 aliphatic carbocycles. The van der Waals surface area contributed by atoms with Crippen LogP contribution in [0, 0.1) is 5.92 Å². The zero-order chi connectivity index (χ0) is 21.1. The van der Waals surface area contributed by atoms with Gasteiger partial charge in [0, 0.05) is 43.0 Å². The van der Waals surface area contributed by atoms with Gasteiger partial charge >= 0.3 is 5.97 Å². The zero-order valence-corrected chi connectivity index (χ0v) is 18.0. The molecule has 3 heterocycles. The van der Waals surface area contributed by atoms with E-state index in [1.807, 2.05) is 22.8 Å². The van der Waals surface area contributed by atoms with Crippen molar-refractivity contribution in [3.63, 3.8) is 0 Å². The number of unbranched alkanes of at least 4 members (excludes halogenated alkanes) is 1. The maximum atomic E-state index is 12.2. The molecular weight excluding hydrogens is 398 g/mol. The van der Waals surface area contributed by atoms with Gasteiger partial charge in [0.1, 0.15) is 0 Å². The highest BCUT2D eigenvalue weighted by atomic mass is 32.1. The van der Waals surface area contributed by atoms with Gasteiger partial charge < -0.3 is 19.5 Å². The molecule has 4 rings (SSSR count). The number of thiocarbonyl (C=S) groups is 1. The summed E-state index contributed by atoms with van der Waals surface area (Å²) >= 11 is 5.67. The van der Waals surface area contributed by atoms with E-state index in [0.717, 1.165) is 50.3 Å². The third kappa shape index (κ3) is 4.41. The average Bonchev–Trinajstić information content (AvgIpc) is 2.75. The normalized spacial score (nSPS) is 19.7. The molecule has 0 radical (unpaired) electrons. The van der Waals surface area contributed by atoms with Crippen molar-refractivity contribution in [2.45, 2.75) is 38.6 Å². The SMILES string of the molecule is CCCCOC(=O)c1ccc(NC(=S)N2C[C@H]3C[C@H](C2)c2cccc(=O)n2C3)cc1. The third-order valence-electron chi connectivity index (χ3n) is 5.87. The molecule has 2 aliphatic heterocycles. The summed E-state index contributed by atoms with van der Waals surface area (Å²) in [5.74, 6) is 0.429. The van der Waals surface area contributed by atoms with E-state index in [1.165, 1.54) is 0 Å². The lowest BCUT2D eigenvalue weighted by Crippen LogP contribution is -2.50. The van der Waals surface area contributed by atoms with E-state index in [4.69, 9.17) is 17.0 Å². The van der Waals surface area contributed by atoms with Gasteiger partial charge in [-0.2, -0.15) is 0 Å². The van der Waals surface area contributed by atoms with Crippen LogP contribution in [-0.4, -0.2) is 40.2 Å². The average molecular weight is 426 g/mol. The molecule has 30 heavy (non-hydrogen) atoms. The van der Waals surface area contributed by atoms with Crippen molar-refractivity contribution in [3.05, 3.63) is 64.1 Å². The first-order valence-electron chi connectivity index (χ1n) is 10.6. The Kier molecular flexibility index (Phi) is 6.18. The quantitative estimate of drug-likeness (QED) is 0.448. The number of likely N-dealkylation sites (tertiary alicyclic amines) is 1. The summed E-state index contributed by atoms with van der Waals surface area (Å²) in [4.78, 5) is 26.4. The molecule has 2 atom stereocenters. The maximum absolute atomic E-state index is 12.2. The first-order chi connectivity index (χ1) is 14.5. The van der Waals surface area contributed by atoms with Gasteiger partial charge in [0.2, 0.25) is 0 Å². The summed E-state index contributed by atoms with van der Waals surface area (Å²) in [6, 6.07) is 12.8. The molecule has 1 saturated heterocycles. The van der Waals surface area contributed by atoms with Gasteiger partial charge in [-0.15, -0.1) is 0 Å². The Balaban J connectivity index is 1.38. The van der Waals surface area contributed by atoms with E-state index in [2.05, 4.69) is 23.2 Å². The summed E-state index contributed by atoms with van der Waals surface area (Å²) in [5.41, 5.74) is 2.58. The van der Waals surface area contributed by atoms with Crippen LogP contribution in [0.3, 0.4) is 0 Å². The van der Waals surface area contributed by atoms with Crippen LogP contribution < -0.4 is 10.9 Å². The third-order valence-corrected chi connectivity index (χ3v) is 6.23. The number of pyridine rings is 1. The molecular formula is C23H27N3O3S. The first-order valence-corrected chi connectivity index (χ1v) is 11.0. The topological polar surface area (TPSA) is 63.6 Å². The van der Waals surface area contributed by atoms with Crippen molar-refractivity contribution in [1.29, 1.82) is 0 Å². The van der Waals surface area contributed by atoms with Crippen LogP contribution in [0.15, 0.2) is 47.3 Å². The number of carbonyl (C=O) groups is 1.